The highest BCUT2D eigenvalue weighted by atomic mass is 35.5. The maximum atomic E-state index is 12.7. The lowest BCUT2D eigenvalue weighted by atomic mass is 10.1. The number of aromatic carboxylic acids is 1. The Kier molecular flexibility index (Phi) is 4.40. The molecule has 5 nitrogen and oxygen atoms in total. The van der Waals surface area contributed by atoms with Crippen LogP contribution < -0.4 is 5.32 Å². The van der Waals surface area contributed by atoms with Gasteiger partial charge in [-0.05, 0) is 24.3 Å². The first-order chi connectivity index (χ1) is 9.88. The van der Waals surface area contributed by atoms with Crippen LogP contribution >= 0.6 is 23.2 Å². The van der Waals surface area contributed by atoms with Crippen molar-refractivity contribution in [2.45, 2.75) is 0 Å². The standard InChI is InChI=1S/C13H7Cl2FN2O3/c14-7-3-8(13(20)21)11(9(15)4-7)18-12(19)6-1-2-10(16)17-5-6/h1-5H,(H,18,19)(H,20,21). The number of carbonyl (C=O) groups is 2. The molecule has 2 N–H and O–H groups in total. The highest BCUT2D eigenvalue weighted by Gasteiger charge is 2.18. The second kappa shape index (κ2) is 6.07. The van der Waals surface area contributed by atoms with Gasteiger partial charge in [-0.15, -0.1) is 0 Å². The monoisotopic (exact) mass is 328 g/mol. The lowest BCUT2D eigenvalue weighted by molar-refractivity contribution is 0.0698. The Balaban J connectivity index is 2.37. The summed E-state index contributed by atoms with van der Waals surface area (Å²) in [7, 11) is 0. The van der Waals surface area contributed by atoms with Crippen molar-refractivity contribution >= 4 is 40.8 Å². The molecule has 0 saturated heterocycles. The first kappa shape index (κ1) is 15.2. The largest absolute Gasteiger partial charge is 0.478 e. The molecule has 1 aromatic carbocycles. The molecule has 1 amide bonds. The van der Waals surface area contributed by atoms with Gasteiger partial charge in [0, 0.05) is 11.2 Å². The van der Waals surface area contributed by atoms with Crippen LogP contribution in [0.5, 0.6) is 0 Å². The molecule has 2 rings (SSSR count). The minimum absolute atomic E-state index is 0.0247. The molecule has 0 bridgehead atoms. The minimum atomic E-state index is -1.30. The summed E-state index contributed by atoms with van der Waals surface area (Å²) in [5, 5.41) is 11.6. The second-order valence-corrected chi connectivity index (χ2v) is 4.78. The average Bonchev–Trinajstić information content (AvgIpc) is 2.41. The first-order valence-corrected chi connectivity index (χ1v) is 6.29. The number of hydrogen-bond acceptors (Lipinski definition) is 3. The summed E-state index contributed by atoms with van der Waals surface area (Å²) in [6.07, 6.45) is 1.02. The fourth-order valence-corrected chi connectivity index (χ4v) is 2.11. The highest BCUT2D eigenvalue weighted by Crippen LogP contribution is 2.30. The molecule has 2 aromatic rings. The lowest BCUT2D eigenvalue weighted by Crippen LogP contribution is -2.15. The second-order valence-electron chi connectivity index (χ2n) is 3.94. The van der Waals surface area contributed by atoms with E-state index in [0.29, 0.717) is 0 Å². The number of hydrogen-bond donors (Lipinski definition) is 2. The van der Waals surface area contributed by atoms with Crippen molar-refractivity contribution in [2.24, 2.45) is 0 Å². The molecule has 0 aliphatic rings. The van der Waals surface area contributed by atoms with Crippen LogP contribution in [0.4, 0.5) is 10.1 Å². The summed E-state index contributed by atoms with van der Waals surface area (Å²) in [6.45, 7) is 0. The molecule has 0 aliphatic heterocycles. The molecule has 1 aromatic heterocycles. The maximum Gasteiger partial charge on any atom is 0.337 e. The zero-order chi connectivity index (χ0) is 15.6. The van der Waals surface area contributed by atoms with Gasteiger partial charge in [-0.1, -0.05) is 23.2 Å². The van der Waals surface area contributed by atoms with Gasteiger partial charge in [0.05, 0.1) is 21.8 Å². The zero-order valence-electron chi connectivity index (χ0n) is 10.2. The van der Waals surface area contributed by atoms with E-state index in [0.717, 1.165) is 18.3 Å². The van der Waals surface area contributed by atoms with Gasteiger partial charge in [0.15, 0.2) is 0 Å². The van der Waals surface area contributed by atoms with Gasteiger partial charge in [-0.3, -0.25) is 4.79 Å². The van der Waals surface area contributed by atoms with Crippen LogP contribution in [-0.4, -0.2) is 22.0 Å². The van der Waals surface area contributed by atoms with Gasteiger partial charge in [0.25, 0.3) is 5.91 Å². The molecule has 0 aliphatic carbocycles. The van der Waals surface area contributed by atoms with E-state index >= 15 is 0 Å². The van der Waals surface area contributed by atoms with Gasteiger partial charge < -0.3 is 10.4 Å². The molecule has 0 saturated carbocycles. The molecule has 8 heteroatoms. The first-order valence-electron chi connectivity index (χ1n) is 5.53. The predicted octanol–water partition coefficient (Wildman–Crippen LogP) is 3.48. The van der Waals surface area contributed by atoms with Crippen molar-refractivity contribution in [3.05, 3.63) is 57.6 Å². The molecular weight excluding hydrogens is 322 g/mol. The normalized spacial score (nSPS) is 10.2. The number of amides is 1. The van der Waals surface area contributed by atoms with E-state index in [2.05, 4.69) is 10.3 Å². The van der Waals surface area contributed by atoms with Gasteiger partial charge >= 0.3 is 5.97 Å². The Morgan fingerprint density at radius 2 is 1.95 bits per heavy atom. The predicted molar refractivity (Wildman–Crippen MR) is 75.6 cm³/mol. The van der Waals surface area contributed by atoms with Crippen molar-refractivity contribution in [3.8, 4) is 0 Å². The third-order valence-corrected chi connectivity index (χ3v) is 3.03. The van der Waals surface area contributed by atoms with Gasteiger partial charge in [-0.25, -0.2) is 9.78 Å². The molecule has 0 spiro atoms. The molecule has 21 heavy (non-hydrogen) atoms. The van der Waals surface area contributed by atoms with Crippen LogP contribution in [0.15, 0.2) is 30.5 Å². The van der Waals surface area contributed by atoms with Crippen LogP contribution in [-0.2, 0) is 0 Å². The summed E-state index contributed by atoms with van der Waals surface area (Å²) in [5.74, 6) is -2.71. The molecule has 1 heterocycles. The number of anilines is 1. The third kappa shape index (κ3) is 3.48. The summed E-state index contributed by atoms with van der Waals surface area (Å²) in [4.78, 5) is 26.5. The summed E-state index contributed by atoms with van der Waals surface area (Å²) < 4.78 is 12.7. The number of carboxylic acid groups (broad SMARTS) is 1. The molecule has 0 radical (unpaired) electrons. The van der Waals surface area contributed by atoms with Crippen LogP contribution in [0.1, 0.15) is 20.7 Å². The van der Waals surface area contributed by atoms with E-state index in [1.807, 2.05) is 0 Å². The smallest absolute Gasteiger partial charge is 0.337 e. The minimum Gasteiger partial charge on any atom is -0.478 e. The topological polar surface area (TPSA) is 79.3 Å². The van der Waals surface area contributed by atoms with E-state index in [-0.39, 0.29) is 26.9 Å². The van der Waals surface area contributed by atoms with Crippen molar-refractivity contribution in [2.75, 3.05) is 5.32 Å². The lowest BCUT2D eigenvalue weighted by Gasteiger charge is -2.11. The molecule has 0 atom stereocenters. The van der Waals surface area contributed by atoms with E-state index < -0.39 is 17.8 Å². The number of nitrogens with zero attached hydrogens (tertiary/aromatic N) is 1. The highest BCUT2D eigenvalue weighted by molar-refractivity contribution is 6.38. The molecule has 108 valence electrons. The van der Waals surface area contributed by atoms with E-state index in [9.17, 15) is 14.0 Å². The van der Waals surface area contributed by atoms with Crippen LogP contribution in [0.3, 0.4) is 0 Å². The summed E-state index contributed by atoms with van der Waals surface area (Å²) in [5.41, 5.74) is -0.294. The van der Waals surface area contributed by atoms with E-state index in [1.165, 1.54) is 12.1 Å². The Labute approximate surface area is 128 Å². The average molecular weight is 329 g/mol. The van der Waals surface area contributed by atoms with Crippen LogP contribution in [0.25, 0.3) is 0 Å². The number of carbonyl (C=O) groups excluding carboxylic acids is 1. The fourth-order valence-electron chi connectivity index (χ4n) is 1.57. The van der Waals surface area contributed by atoms with Gasteiger partial charge in [0.1, 0.15) is 0 Å². The Hall–Kier alpha value is -2.18. The Morgan fingerprint density at radius 3 is 2.52 bits per heavy atom. The van der Waals surface area contributed by atoms with Gasteiger partial charge in [-0.2, -0.15) is 4.39 Å². The van der Waals surface area contributed by atoms with Crippen molar-refractivity contribution in [1.82, 2.24) is 4.98 Å². The molecule has 0 fully saturated rings. The van der Waals surface area contributed by atoms with Crippen LogP contribution in [0, 0.1) is 5.95 Å². The number of halogens is 3. The summed E-state index contributed by atoms with van der Waals surface area (Å²) in [6, 6.07) is 4.68. The third-order valence-electron chi connectivity index (χ3n) is 2.51. The van der Waals surface area contributed by atoms with E-state index in [1.54, 1.807) is 0 Å². The number of benzene rings is 1. The number of nitrogens with one attached hydrogen (secondary N) is 1. The number of rotatable bonds is 3. The van der Waals surface area contributed by atoms with E-state index in [4.69, 9.17) is 28.3 Å². The molecular formula is C13H7Cl2FN2O3. The molecule has 0 unspecified atom stereocenters. The summed E-state index contributed by atoms with van der Waals surface area (Å²) >= 11 is 11.6. The number of carboxylic acids is 1. The van der Waals surface area contributed by atoms with Crippen molar-refractivity contribution in [1.29, 1.82) is 0 Å². The van der Waals surface area contributed by atoms with Crippen LogP contribution in [0.2, 0.25) is 10.0 Å². The SMILES string of the molecule is O=C(Nc1c(Cl)cc(Cl)cc1C(=O)O)c1ccc(F)nc1. The maximum absolute atomic E-state index is 12.7. The van der Waals surface area contributed by atoms with Crippen molar-refractivity contribution < 1.29 is 19.1 Å². The zero-order valence-corrected chi connectivity index (χ0v) is 11.7. The van der Waals surface area contributed by atoms with Gasteiger partial charge in [0.2, 0.25) is 5.95 Å². The quantitative estimate of drug-likeness (QED) is 0.845. The number of pyridine rings is 1. The number of aromatic nitrogens is 1. The Bertz CT molecular complexity index is 720. The Morgan fingerprint density at radius 1 is 1.24 bits per heavy atom. The fraction of sp³-hybridized carbons (Fsp3) is 0. The van der Waals surface area contributed by atoms with Crippen molar-refractivity contribution in [3.63, 3.8) is 0 Å².